The van der Waals surface area contributed by atoms with Gasteiger partial charge in [0.15, 0.2) is 0 Å². The van der Waals surface area contributed by atoms with Crippen LogP contribution in [0.4, 0.5) is 0 Å². The van der Waals surface area contributed by atoms with Crippen molar-refractivity contribution in [1.29, 1.82) is 0 Å². The number of hydrogen-bond acceptors (Lipinski definition) is 3. The zero-order valence-electron chi connectivity index (χ0n) is 17.7. The molecule has 1 unspecified atom stereocenters. The lowest BCUT2D eigenvalue weighted by atomic mass is 9.59. The molecule has 1 heterocycles. The number of thioether (sulfide) groups is 1. The van der Waals surface area contributed by atoms with Crippen LogP contribution < -0.4 is 0 Å². The molecule has 2 aliphatic carbocycles. The Morgan fingerprint density at radius 3 is 1.96 bits per heavy atom. The van der Waals surface area contributed by atoms with Gasteiger partial charge >= 0.3 is 7.12 Å². The molecule has 4 heteroatoms. The molecule has 0 N–H and O–H groups in total. The Bertz CT molecular complexity index is 412. The van der Waals surface area contributed by atoms with Crippen molar-refractivity contribution in [2.24, 2.45) is 5.92 Å². The molecule has 1 atom stereocenters. The first kappa shape index (κ1) is 21.1. The van der Waals surface area contributed by atoms with E-state index in [2.05, 4.69) is 39.5 Å². The molecule has 3 aliphatic rings. The van der Waals surface area contributed by atoms with Gasteiger partial charge in [-0.2, -0.15) is 11.8 Å². The van der Waals surface area contributed by atoms with Crippen LogP contribution in [0.25, 0.3) is 0 Å². The van der Waals surface area contributed by atoms with Gasteiger partial charge in [-0.25, -0.2) is 0 Å². The van der Waals surface area contributed by atoms with Crippen LogP contribution in [-0.4, -0.2) is 29.3 Å². The fourth-order valence-electron chi connectivity index (χ4n) is 5.02. The van der Waals surface area contributed by atoms with Crippen LogP contribution >= 0.6 is 11.8 Å². The Kier molecular flexibility index (Phi) is 7.47. The minimum absolute atomic E-state index is 0.00257. The lowest BCUT2D eigenvalue weighted by Crippen LogP contribution is -2.41. The van der Waals surface area contributed by atoms with Gasteiger partial charge in [0.2, 0.25) is 0 Å². The fourth-order valence-corrected chi connectivity index (χ4v) is 6.35. The van der Waals surface area contributed by atoms with Gasteiger partial charge in [-0.3, -0.25) is 0 Å². The monoisotopic (exact) mass is 380 g/mol. The number of hydrogen-bond donors (Lipinski definition) is 0. The van der Waals surface area contributed by atoms with Gasteiger partial charge in [-0.15, -0.1) is 0 Å². The molecule has 0 radical (unpaired) electrons. The zero-order chi connectivity index (χ0) is 18.6. The van der Waals surface area contributed by atoms with Crippen LogP contribution in [0, 0.1) is 5.92 Å². The molecule has 0 aromatic heterocycles. The largest absolute Gasteiger partial charge is 0.461 e. The molecule has 2 saturated carbocycles. The van der Waals surface area contributed by atoms with E-state index < -0.39 is 0 Å². The maximum atomic E-state index is 6.50. The SMILES string of the molecule is CC1(C)OB(C(CCCSC2CCCCC2)C2CCCCC2)OC1(C)C. The highest BCUT2D eigenvalue weighted by Gasteiger charge is 2.54. The maximum absolute atomic E-state index is 6.50. The van der Waals surface area contributed by atoms with Crippen molar-refractivity contribution in [3.8, 4) is 0 Å². The van der Waals surface area contributed by atoms with Gasteiger partial charge in [0.05, 0.1) is 11.2 Å². The molecular weight excluding hydrogens is 339 g/mol. The first-order valence-electron chi connectivity index (χ1n) is 11.4. The molecule has 1 saturated heterocycles. The first-order valence-corrected chi connectivity index (χ1v) is 12.4. The fraction of sp³-hybridized carbons (Fsp3) is 1.00. The predicted molar refractivity (Wildman–Crippen MR) is 115 cm³/mol. The normalized spacial score (nSPS) is 28.4. The van der Waals surface area contributed by atoms with Gasteiger partial charge in [0, 0.05) is 5.25 Å². The summed E-state index contributed by atoms with van der Waals surface area (Å²) in [4.78, 5) is 0. The summed E-state index contributed by atoms with van der Waals surface area (Å²) < 4.78 is 13.0. The molecular formula is C22H41BO2S. The third-order valence-electron chi connectivity index (χ3n) is 7.46. The van der Waals surface area contributed by atoms with E-state index in [0.717, 1.165) is 11.2 Å². The van der Waals surface area contributed by atoms with Crippen molar-refractivity contribution >= 4 is 18.9 Å². The van der Waals surface area contributed by atoms with Gasteiger partial charge in [-0.05, 0) is 64.4 Å². The summed E-state index contributed by atoms with van der Waals surface area (Å²) >= 11 is 2.25. The van der Waals surface area contributed by atoms with Gasteiger partial charge in [0.1, 0.15) is 0 Å². The van der Waals surface area contributed by atoms with Gasteiger partial charge in [0.25, 0.3) is 0 Å². The van der Waals surface area contributed by atoms with E-state index >= 15 is 0 Å². The smallest absolute Gasteiger partial charge is 0.403 e. The van der Waals surface area contributed by atoms with Crippen LogP contribution in [0.5, 0.6) is 0 Å². The third-order valence-corrected chi connectivity index (χ3v) is 8.93. The molecule has 3 rings (SSSR count). The Hall–Kier alpha value is 0.335. The van der Waals surface area contributed by atoms with E-state index in [1.807, 2.05) is 0 Å². The van der Waals surface area contributed by atoms with Crippen LogP contribution in [-0.2, 0) is 9.31 Å². The van der Waals surface area contributed by atoms with Crippen molar-refractivity contribution in [2.75, 3.05) is 5.75 Å². The molecule has 3 fully saturated rings. The Morgan fingerprint density at radius 1 is 0.846 bits per heavy atom. The molecule has 0 spiro atoms. The lowest BCUT2D eigenvalue weighted by molar-refractivity contribution is 0.00578. The van der Waals surface area contributed by atoms with Crippen molar-refractivity contribution in [3.05, 3.63) is 0 Å². The van der Waals surface area contributed by atoms with E-state index in [-0.39, 0.29) is 18.3 Å². The minimum atomic E-state index is -0.193. The maximum Gasteiger partial charge on any atom is 0.461 e. The van der Waals surface area contributed by atoms with Crippen molar-refractivity contribution in [1.82, 2.24) is 0 Å². The summed E-state index contributed by atoms with van der Waals surface area (Å²) in [7, 11) is 0.00257. The molecule has 2 nitrogen and oxygen atoms in total. The van der Waals surface area contributed by atoms with Crippen LogP contribution in [0.1, 0.15) is 105 Å². The summed E-state index contributed by atoms with van der Waals surface area (Å²) in [6.45, 7) is 8.79. The van der Waals surface area contributed by atoms with Crippen LogP contribution in [0.2, 0.25) is 5.82 Å². The lowest BCUT2D eigenvalue weighted by Gasteiger charge is -2.32. The second-order valence-electron chi connectivity index (χ2n) is 9.96. The molecule has 26 heavy (non-hydrogen) atoms. The Morgan fingerprint density at radius 2 is 1.38 bits per heavy atom. The van der Waals surface area contributed by atoms with Crippen LogP contribution in [0.15, 0.2) is 0 Å². The van der Waals surface area contributed by atoms with Crippen molar-refractivity contribution in [2.45, 2.75) is 127 Å². The second kappa shape index (κ2) is 9.22. The van der Waals surface area contributed by atoms with E-state index in [9.17, 15) is 0 Å². The molecule has 0 aromatic rings. The zero-order valence-corrected chi connectivity index (χ0v) is 18.5. The summed E-state index contributed by atoms with van der Waals surface area (Å²) in [6.07, 6.45) is 16.9. The highest BCUT2D eigenvalue weighted by molar-refractivity contribution is 7.99. The second-order valence-corrected chi connectivity index (χ2v) is 11.4. The summed E-state index contributed by atoms with van der Waals surface area (Å²) in [5.74, 6) is 2.72. The average Bonchev–Trinajstić information content (AvgIpc) is 2.84. The van der Waals surface area contributed by atoms with E-state index in [0.29, 0.717) is 5.82 Å². The highest BCUT2D eigenvalue weighted by atomic mass is 32.2. The summed E-state index contributed by atoms with van der Waals surface area (Å²) in [5, 5.41) is 0.939. The van der Waals surface area contributed by atoms with Gasteiger partial charge < -0.3 is 9.31 Å². The Balaban J connectivity index is 1.53. The molecule has 0 aromatic carbocycles. The topological polar surface area (TPSA) is 18.5 Å². The molecule has 1 aliphatic heterocycles. The van der Waals surface area contributed by atoms with E-state index in [1.165, 1.54) is 82.8 Å². The van der Waals surface area contributed by atoms with Crippen molar-refractivity contribution < 1.29 is 9.31 Å². The molecule has 150 valence electrons. The Labute approximate surface area is 167 Å². The molecule has 0 bridgehead atoms. The van der Waals surface area contributed by atoms with Crippen molar-refractivity contribution in [3.63, 3.8) is 0 Å². The van der Waals surface area contributed by atoms with Gasteiger partial charge in [-0.1, -0.05) is 57.8 Å². The highest BCUT2D eigenvalue weighted by Crippen LogP contribution is 2.46. The first-order chi connectivity index (χ1) is 12.4. The summed E-state index contributed by atoms with van der Waals surface area (Å²) in [5.41, 5.74) is -0.386. The van der Waals surface area contributed by atoms with E-state index in [1.54, 1.807) is 0 Å². The van der Waals surface area contributed by atoms with E-state index in [4.69, 9.17) is 9.31 Å². The van der Waals surface area contributed by atoms with Crippen LogP contribution in [0.3, 0.4) is 0 Å². The third kappa shape index (κ3) is 5.23. The number of rotatable bonds is 7. The average molecular weight is 380 g/mol. The predicted octanol–water partition coefficient (Wildman–Crippen LogP) is 6.88. The summed E-state index contributed by atoms with van der Waals surface area (Å²) in [6, 6.07) is 0. The quantitative estimate of drug-likeness (QED) is 0.354. The molecule has 0 amide bonds. The minimum Gasteiger partial charge on any atom is -0.403 e. The standard InChI is InChI=1S/C22H41BO2S/c1-21(2)22(3,4)25-23(24-21)20(18-12-7-5-8-13-18)16-11-17-26-19-14-9-6-10-15-19/h18-20H,5-17H2,1-4H3.